The van der Waals surface area contributed by atoms with Crippen LogP contribution in [-0.2, 0) is 61.9 Å². The van der Waals surface area contributed by atoms with Crippen molar-refractivity contribution < 1.29 is 72.1 Å². The molecule has 1 saturated heterocycles. The van der Waals surface area contributed by atoms with Crippen molar-refractivity contribution in [3.05, 3.63) is 23.0 Å². The van der Waals surface area contributed by atoms with Gasteiger partial charge in [0, 0.05) is 41.9 Å². The molecule has 3 aliphatic heterocycles. The van der Waals surface area contributed by atoms with E-state index in [-0.39, 0.29) is 17.2 Å². The summed E-state index contributed by atoms with van der Waals surface area (Å²) in [6.45, 7) is 7.75. The highest BCUT2D eigenvalue weighted by Gasteiger charge is 2.72. The third-order valence-corrected chi connectivity index (χ3v) is 8.24. The largest absolute Gasteiger partial charge is 0.506 e. The van der Waals surface area contributed by atoms with Gasteiger partial charge < -0.3 is 69.8 Å². The maximum Gasteiger partial charge on any atom is 0.303 e. The molecular formula is C29H42N4O15. The average Bonchev–Trinajstić information content (AvgIpc) is 3.16. The summed E-state index contributed by atoms with van der Waals surface area (Å²) in [5, 5.41) is 30.1. The van der Waals surface area contributed by atoms with Gasteiger partial charge in [0.05, 0.1) is 6.10 Å². The molecular weight excluding hydrogens is 644 g/mol. The molecule has 4 rings (SSSR count). The van der Waals surface area contributed by atoms with E-state index in [0.29, 0.717) is 0 Å². The number of amides is 4. The van der Waals surface area contributed by atoms with E-state index < -0.39 is 108 Å². The first-order valence-electron chi connectivity index (χ1n) is 15.0. The number of ether oxygens (including phenoxy) is 8. The van der Waals surface area contributed by atoms with Crippen LogP contribution in [0, 0.1) is 5.92 Å². The quantitative estimate of drug-likeness (QED) is 0.126. The predicted molar refractivity (Wildman–Crippen MR) is 156 cm³/mol. The molecule has 3 heterocycles. The summed E-state index contributed by atoms with van der Waals surface area (Å²) >= 11 is 0. The molecule has 19 nitrogen and oxygen atoms in total. The van der Waals surface area contributed by atoms with Gasteiger partial charge in [-0.1, -0.05) is 0 Å². The highest BCUT2D eigenvalue weighted by atomic mass is 16.7. The van der Waals surface area contributed by atoms with E-state index in [1.165, 1.54) is 35.0 Å². The third-order valence-electron chi connectivity index (χ3n) is 8.24. The van der Waals surface area contributed by atoms with E-state index in [4.69, 9.17) is 43.6 Å². The lowest BCUT2D eigenvalue weighted by atomic mass is 9.91. The van der Waals surface area contributed by atoms with E-state index in [9.17, 15) is 34.2 Å². The summed E-state index contributed by atoms with van der Waals surface area (Å²) in [6, 6.07) is -1.04. The normalized spacial score (nSPS) is 37.4. The molecule has 7 N–H and O–H groups in total. The summed E-state index contributed by atoms with van der Waals surface area (Å²) in [4.78, 5) is 61.3. The number of aliphatic hydroxyl groups is 2. The van der Waals surface area contributed by atoms with Gasteiger partial charge in [0.15, 0.2) is 24.3 Å². The number of aliphatic hydroxyl groups excluding tert-OH is 2. The van der Waals surface area contributed by atoms with Gasteiger partial charge in [-0.2, -0.15) is 0 Å². The second-order valence-electron chi connectivity index (χ2n) is 11.8. The molecule has 0 spiro atoms. The number of rotatable bonds is 11. The van der Waals surface area contributed by atoms with Crippen LogP contribution in [0.4, 0.5) is 0 Å². The van der Waals surface area contributed by atoms with Crippen LogP contribution in [-0.4, -0.2) is 121 Å². The average molecular weight is 687 g/mol. The van der Waals surface area contributed by atoms with Crippen LogP contribution < -0.4 is 21.7 Å². The van der Waals surface area contributed by atoms with Gasteiger partial charge in [0.2, 0.25) is 35.6 Å². The zero-order valence-electron chi connectivity index (χ0n) is 27.6. The van der Waals surface area contributed by atoms with Crippen molar-refractivity contribution in [2.75, 3.05) is 14.2 Å². The molecule has 1 aliphatic carbocycles. The second kappa shape index (κ2) is 14.2. The van der Waals surface area contributed by atoms with Crippen molar-refractivity contribution >= 4 is 29.6 Å². The minimum atomic E-state index is -1.91. The molecule has 2 fully saturated rings. The van der Waals surface area contributed by atoms with Crippen LogP contribution >= 0.6 is 0 Å². The van der Waals surface area contributed by atoms with Crippen LogP contribution in [0.15, 0.2) is 23.0 Å². The Labute approximate surface area is 275 Å². The first-order valence-corrected chi connectivity index (χ1v) is 15.0. The second-order valence-corrected chi connectivity index (χ2v) is 11.8. The number of nitrogens with one attached hydrogen (secondary N) is 3. The maximum absolute atomic E-state index is 12.6. The summed E-state index contributed by atoms with van der Waals surface area (Å²) in [6.07, 6.45) is -11.0. The molecule has 4 amide bonds. The Hall–Kier alpha value is -4.01. The fourth-order valence-corrected chi connectivity index (χ4v) is 6.35. The highest BCUT2D eigenvalue weighted by molar-refractivity contribution is 5.84. The highest BCUT2D eigenvalue weighted by Crippen LogP contribution is 2.54. The zero-order chi connectivity index (χ0) is 35.8. The number of hydrogen-bond donors (Lipinski definition) is 6. The molecule has 1 saturated carbocycles. The molecule has 0 radical (unpaired) electrons. The van der Waals surface area contributed by atoms with E-state index >= 15 is 0 Å². The van der Waals surface area contributed by atoms with Crippen molar-refractivity contribution in [3.63, 3.8) is 0 Å². The van der Waals surface area contributed by atoms with E-state index in [1.54, 1.807) is 6.92 Å². The minimum Gasteiger partial charge on any atom is -0.506 e. The topological polar surface area (TPSA) is 262 Å². The van der Waals surface area contributed by atoms with Gasteiger partial charge in [-0.15, -0.1) is 0 Å². The first kappa shape index (κ1) is 36.8. The number of carbonyl (C=O) groups is 5. The number of hydrogen-bond acceptors (Lipinski definition) is 15. The Kier molecular flexibility index (Phi) is 10.9. The maximum atomic E-state index is 12.6. The predicted octanol–water partition coefficient (Wildman–Crippen LogP) is -2.20. The molecule has 0 aromatic heterocycles. The monoisotopic (exact) mass is 686 g/mol. The summed E-state index contributed by atoms with van der Waals surface area (Å²) in [5.74, 6) is -5.75. The number of esters is 1. The van der Waals surface area contributed by atoms with Crippen molar-refractivity contribution in [1.29, 1.82) is 0 Å². The fraction of sp³-hybridized carbons (Fsp3) is 0.690. The van der Waals surface area contributed by atoms with Gasteiger partial charge in [-0.05, 0) is 13.8 Å². The van der Waals surface area contributed by atoms with E-state index in [1.807, 2.05) is 0 Å². The van der Waals surface area contributed by atoms with Crippen molar-refractivity contribution in [1.82, 2.24) is 16.0 Å². The molecule has 19 heteroatoms. The first-order chi connectivity index (χ1) is 22.5. The van der Waals surface area contributed by atoms with Crippen LogP contribution in [0.3, 0.4) is 0 Å². The van der Waals surface area contributed by atoms with E-state index in [0.717, 1.165) is 13.8 Å². The van der Waals surface area contributed by atoms with Gasteiger partial charge in [-0.25, -0.2) is 0 Å². The van der Waals surface area contributed by atoms with Crippen LogP contribution in [0.2, 0.25) is 0 Å². The Morgan fingerprint density at radius 3 is 2.08 bits per heavy atom. The lowest BCUT2D eigenvalue weighted by Crippen LogP contribution is -2.65. The van der Waals surface area contributed by atoms with E-state index in [2.05, 4.69) is 16.0 Å². The van der Waals surface area contributed by atoms with Crippen LogP contribution in [0.1, 0.15) is 41.5 Å². The smallest absolute Gasteiger partial charge is 0.303 e. The lowest BCUT2D eigenvalue weighted by molar-refractivity contribution is -0.294. The van der Waals surface area contributed by atoms with Crippen molar-refractivity contribution in [2.24, 2.45) is 11.7 Å². The number of fused-ring (bicyclic) bond motifs is 1. The van der Waals surface area contributed by atoms with Crippen molar-refractivity contribution in [3.8, 4) is 0 Å². The van der Waals surface area contributed by atoms with Gasteiger partial charge in [0.25, 0.3) is 5.95 Å². The fourth-order valence-electron chi connectivity index (χ4n) is 6.35. The Morgan fingerprint density at radius 1 is 0.896 bits per heavy atom. The SMILES string of the molecule is CO[C@@H]1OC(C)[C@H](O)C(O[C@@H]2OC(C)[C@@H](OC3=C4C(OC(C)=O)[C@H](OC)C(C(N)=O)C4(NC(C)=O)O3)C(O)=C2NC(C)=O)C1NC(C)=O. The minimum absolute atomic E-state index is 0.00827. The van der Waals surface area contributed by atoms with Crippen molar-refractivity contribution in [2.45, 2.75) is 109 Å². The van der Waals surface area contributed by atoms with Gasteiger partial charge in [0.1, 0.15) is 47.6 Å². The molecule has 0 aromatic rings. The number of primary amides is 1. The van der Waals surface area contributed by atoms with Gasteiger partial charge in [-0.3, -0.25) is 24.0 Å². The van der Waals surface area contributed by atoms with Crippen LogP contribution in [0.25, 0.3) is 0 Å². The Morgan fingerprint density at radius 2 is 1.56 bits per heavy atom. The number of methoxy groups -OCH3 is 2. The molecule has 4 aliphatic rings. The zero-order valence-corrected chi connectivity index (χ0v) is 27.6. The summed E-state index contributed by atoms with van der Waals surface area (Å²) < 4.78 is 46.0. The number of nitrogens with two attached hydrogens (primary N) is 1. The molecule has 12 atom stereocenters. The summed E-state index contributed by atoms with van der Waals surface area (Å²) in [5.41, 5.74) is 3.45. The Balaban J connectivity index is 1.74. The third kappa shape index (κ3) is 6.78. The lowest BCUT2D eigenvalue weighted by Gasteiger charge is -2.47. The Bertz CT molecular complexity index is 1390. The summed E-state index contributed by atoms with van der Waals surface area (Å²) in [7, 11) is 2.59. The molecule has 48 heavy (non-hydrogen) atoms. The molecule has 7 unspecified atom stereocenters. The number of carbonyl (C=O) groups excluding carboxylic acids is 5. The van der Waals surface area contributed by atoms with Gasteiger partial charge >= 0.3 is 5.97 Å². The standard InChI is InChI=1S/C29H42N4O15/c1-9-19(38)24(18(32-12(4)35)27(42-8)43-9)47-28-17(31-11(3)34)20(39)21(10(2)44-28)46-26-16-23(45-14(6)37)22(41-7)15(25(30)40)29(16,48-26)33-13(5)36/h9-10,15,18-19,21-24,27-28,38-39H,1-8H3,(H2,30,40)(H,31,34)(H,32,35)(H,33,36)/t9?,10?,15?,18?,19-,21+,22+,23?,24?,27+,28-,29?/m0/s1. The van der Waals surface area contributed by atoms with Crippen LogP contribution in [0.5, 0.6) is 0 Å². The molecule has 268 valence electrons. The molecule has 0 aromatic carbocycles. The molecule has 0 bridgehead atoms.